The lowest BCUT2D eigenvalue weighted by Gasteiger charge is -1.90. The van der Waals surface area contributed by atoms with Gasteiger partial charge in [0.15, 0.2) is 0 Å². The van der Waals surface area contributed by atoms with Crippen LogP contribution in [-0.2, 0) is 4.79 Å². The topological polar surface area (TPSA) is 39.2 Å². The fraction of sp³-hybridized carbons (Fsp3) is 0.200. The van der Waals surface area contributed by atoms with E-state index in [-0.39, 0.29) is 5.97 Å². The van der Waals surface area contributed by atoms with Gasteiger partial charge < -0.3 is 4.74 Å². The second-order valence-electron chi connectivity index (χ2n) is 1.53. The van der Waals surface area contributed by atoms with E-state index in [9.17, 15) is 4.79 Å². The highest BCUT2D eigenvalue weighted by Crippen LogP contribution is 2.21. The average Bonchev–Trinajstić information content (AvgIpc) is 2.13. The lowest BCUT2D eigenvalue weighted by Crippen LogP contribution is -2.00. The van der Waals surface area contributed by atoms with Gasteiger partial charge in [-0.2, -0.15) is 4.98 Å². The summed E-state index contributed by atoms with van der Waals surface area (Å²) in [7, 11) is 0. The summed E-state index contributed by atoms with van der Waals surface area (Å²) in [4.78, 5) is 14.2. The highest BCUT2D eigenvalue weighted by Gasteiger charge is 2.01. The fourth-order valence-electron chi connectivity index (χ4n) is 0.409. The first-order valence-electron chi connectivity index (χ1n) is 2.48. The van der Waals surface area contributed by atoms with Crippen molar-refractivity contribution in [1.29, 1.82) is 0 Å². The molecule has 0 spiro atoms. The molecule has 1 rings (SSSR count). The molecule has 54 valence electrons. The van der Waals surface area contributed by atoms with Gasteiger partial charge in [0.1, 0.15) is 4.60 Å². The van der Waals surface area contributed by atoms with Gasteiger partial charge in [-0.1, -0.05) is 11.3 Å². The molecule has 0 aliphatic carbocycles. The maximum absolute atomic E-state index is 10.4. The Hall–Kier alpha value is -0.420. The minimum atomic E-state index is -0.346. The summed E-state index contributed by atoms with van der Waals surface area (Å²) in [5, 5.41) is 2.12. The highest BCUT2D eigenvalue weighted by molar-refractivity contribution is 9.10. The van der Waals surface area contributed by atoms with Gasteiger partial charge in [0.25, 0.3) is 5.19 Å². The number of nitrogens with zero attached hydrogens (tertiary/aromatic N) is 1. The molecular weight excluding hydrogens is 218 g/mol. The van der Waals surface area contributed by atoms with Gasteiger partial charge in [-0.25, -0.2) is 0 Å². The normalized spacial score (nSPS) is 9.40. The minimum Gasteiger partial charge on any atom is -0.398 e. The molecule has 0 saturated heterocycles. The molecule has 1 aromatic rings. The van der Waals surface area contributed by atoms with E-state index in [1.807, 2.05) is 0 Å². The van der Waals surface area contributed by atoms with Crippen LogP contribution >= 0.6 is 27.3 Å². The van der Waals surface area contributed by atoms with Gasteiger partial charge in [-0.05, 0) is 15.9 Å². The maximum atomic E-state index is 10.4. The Morgan fingerprint density at radius 3 is 3.00 bits per heavy atom. The number of hydrogen-bond donors (Lipinski definition) is 0. The second-order valence-corrected chi connectivity index (χ2v) is 3.16. The van der Waals surface area contributed by atoms with E-state index in [4.69, 9.17) is 0 Å². The van der Waals surface area contributed by atoms with Crippen molar-refractivity contribution in [2.45, 2.75) is 6.92 Å². The van der Waals surface area contributed by atoms with Crippen molar-refractivity contribution in [3.05, 3.63) is 9.98 Å². The summed E-state index contributed by atoms with van der Waals surface area (Å²) in [5.74, 6) is -0.346. The first-order valence-corrected chi connectivity index (χ1v) is 4.15. The SMILES string of the molecule is CC(=O)Oc1nc(Br)cs1. The largest absolute Gasteiger partial charge is 0.398 e. The molecule has 1 heterocycles. The van der Waals surface area contributed by atoms with Gasteiger partial charge in [0.2, 0.25) is 0 Å². The van der Waals surface area contributed by atoms with E-state index in [0.29, 0.717) is 9.80 Å². The van der Waals surface area contributed by atoms with Gasteiger partial charge in [0, 0.05) is 12.3 Å². The number of esters is 1. The van der Waals surface area contributed by atoms with Crippen LogP contribution in [0.15, 0.2) is 9.98 Å². The Bertz CT molecular complexity index is 248. The number of thiazole rings is 1. The number of ether oxygens (including phenoxy) is 1. The van der Waals surface area contributed by atoms with Crippen molar-refractivity contribution in [1.82, 2.24) is 4.98 Å². The van der Waals surface area contributed by atoms with Crippen LogP contribution in [-0.4, -0.2) is 11.0 Å². The average molecular weight is 222 g/mol. The van der Waals surface area contributed by atoms with E-state index in [1.54, 1.807) is 5.38 Å². The van der Waals surface area contributed by atoms with E-state index < -0.39 is 0 Å². The summed E-state index contributed by atoms with van der Waals surface area (Å²) in [5.41, 5.74) is 0. The van der Waals surface area contributed by atoms with Crippen molar-refractivity contribution in [2.24, 2.45) is 0 Å². The summed E-state index contributed by atoms with van der Waals surface area (Å²) < 4.78 is 5.36. The molecule has 0 unspecified atom stereocenters. The molecule has 0 aromatic carbocycles. The maximum Gasteiger partial charge on any atom is 0.309 e. The Labute approximate surface area is 70.2 Å². The van der Waals surface area contributed by atoms with Crippen LogP contribution in [0.2, 0.25) is 0 Å². The van der Waals surface area contributed by atoms with Crippen LogP contribution in [0, 0.1) is 0 Å². The van der Waals surface area contributed by atoms with Crippen molar-refractivity contribution in [2.75, 3.05) is 0 Å². The molecule has 5 heteroatoms. The first-order chi connectivity index (χ1) is 4.68. The van der Waals surface area contributed by atoms with Crippen LogP contribution in [0.25, 0.3) is 0 Å². The molecule has 0 aliphatic rings. The zero-order chi connectivity index (χ0) is 7.56. The first kappa shape index (κ1) is 7.68. The zero-order valence-corrected chi connectivity index (χ0v) is 7.53. The summed E-state index contributed by atoms with van der Waals surface area (Å²) >= 11 is 4.41. The predicted octanol–water partition coefficient (Wildman–Crippen LogP) is 1.83. The van der Waals surface area contributed by atoms with Gasteiger partial charge >= 0.3 is 5.97 Å². The minimum absolute atomic E-state index is 0.346. The molecule has 0 radical (unpaired) electrons. The smallest absolute Gasteiger partial charge is 0.309 e. The van der Waals surface area contributed by atoms with Crippen LogP contribution in [0.3, 0.4) is 0 Å². The lowest BCUT2D eigenvalue weighted by molar-refractivity contribution is -0.131. The monoisotopic (exact) mass is 221 g/mol. The molecule has 0 saturated carbocycles. The number of hydrogen-bond acceptors (Lipinski definition) is 4. The van der Waals surface area contributed by atoms with Crippen LogP contribution < -0.4 is 4.74 Å². The number of carbonyl (C=O) groups excluding carboxylic acids is 1. The number of halogens is 1. The Kier molecular flexibility index (Phi) is 2.39. The summed E-state index contributed by atoms with van der Waals surface area (Å²) in [6.07, 6.45) is 0. The van der Waals surface area contributed by atoms with E-state index in [0.717, 1.165) is 0 Å². The second kappa shape index (κ2) is 3.12. The third-order valence-electron chi connectivity index (χ3n) is 0.686. The van der Waals surface area contributed by atoms with Crippen molar-refractivity contribution in [3.8, 4) is 5.19 Å². The van der Waals surface area contributed by atoms with Crippen molar-refractivity contribution in [3.63, 3.8) is 0 Å². The Morgan fingerprint density at radius 1 is 1.90 bits per heavy atom. The Morgan fingerprint density at radius 2 is 2.60 bits per heavy atom. The molecule has 3 nitrogen and oxygen atoms in total. The number of aromatic nitrogens is 1. The quantitative estimate of drug-likeness (QED) is 0.680. The van der Waals surface area contributed by atoms with E-state index >= 15 is 0 Å². The van der Waals surface area contributed by atoms with E-state index in [1.165, 1.54) is 18.3 Å². The summed E-state index contributed by atoms with van der Waals surface area (Å²) in [6.45, 7) is 1.34. The third-order valence-corrected chi connectivity index (χ3v) is 2.11. The van der Waals surface area contributed by atoms with Gasteiger partial charge in [-0.15, -0.1) is 0 Å². The Balaban J connectivity index is 2.67. The van der Waals surface area contributed by atoms with Crippen molar-refractivity contribution < 1.29 is 9.53 Å². The van der Waals surface area contributed by atoms with Gasteiger partial charge in [-0.3, -0.25) is 4.79 Å². The lowest BCUT2D eigenvalue weighted by atomic mass is 10.8. The molecule has 10 heavy (non-hydrogen) atoms. The van der Waals surface area contributed by atoms with E-state index in [2.05, 4.69) is 25.7 Å². The van der Waals surface area contributed by atoms with Crippen LogP contribution in [0.5, 0.6) is 5.19 Å². The molecule has 0 N–H and O–H groups in total. The molecule has 0 aliphatic heterocycles. The highest BCUT2D eigenvalue weighted by atomic mass is 79.9. The fourth-order valence-corrected chi connectivity index (χ4v) is 1.53. The molecule has 0 atom stereocenters. The predicted molar refractivity (Wildman–Crippen MR) is 41.1 cm³/mol. The van der Waals surface area contributed by atoms with Crippen molar-refractivity contribution >= 4 is 33.2 Å². The number of carbonyl (C=O) groups is 1. The number of rotatable bonds is 1. The van der Waals surface area contributed by atoms with Crippen LogP contribution in [0.1, 0.15) is 6.92 Å². The molecule has 1 aromatic heterocycles. The standard InChI is InChI=1S/C5H4BrNO2S/c1-3(8)9-5-7-4(6)2-10-5/h2H,1H3. The molecule has 0 bridgehead atoms. The van der Waals surface area contributed by atoms with Gasteiger partial charge in [0.05, 0.1) is 0 Å². The molecule has 0 amide bonds. The third kappa shape index (κ3) is 2.07. The summed E-state index contributed by atoms with van der Waals surface area (Å²) in [6, 6.07) is 0. The molecule has 0 fully saturated rings. The van der Waals surface area contributed by atoms with Crippen LogP contribution in [0.4, 0.5) is 0 Å². The zero-order valence-electron chi connectivity index (χ0n) is 5.13. The molecular formula is C5H4BrNO2S.